The third-order valence-electron chi connectivity index (χ3n) is 3.75. The van der Waals surface area contributed by atoms with Crippen LogP contribution in [-0.2, 0) is 17.8 Å². The van der Waals surface area contributed by atoms with Crippen molar-refractivity contribution in [2.75, 3.05) is 4.90 Å². The van der Waals surface area contributed by atoms with Gasteiger partial charge in [0.25, 0.3) is 0 Å². The van der Waals surface area contributed by atoms with E-state index in [9.17, 15) is 4.79 Å². The van der Waals surface area contributed by atoms with E-state index in [1.807, 2.05) is 27.9 Å². The first-order chi connectivity index (χ1) is 10.0. The summed E-state index contributed by atoms with van der Waals surface area (Å²) in [7, 11) is 0. The van der Waals surface area contributed by atoms with Gasteiger partial charge in [-0.05, 0) is 72.7 Å². The lowest BCUT2D eigenvalue weighted by atomic mass is 10.0. The van der Waals surface area contributed by atoms with Crippen molar-refractivity contribution in [1.29, 1.82) is 0 Å². The molecule has 1 aromatic carbocycles. The van der Waals surface area contributed by atoms with Crippen LogP contribution in [0.3, 0.4) is 0 Å². The number of aryl methyl sites for hydroxylation is 1. The van der Waals surface area contributed by atoms with Crippen LogP contribution in [0.15, 0.2) is 30.5 Å². The van der Waals surface area contributed by atoms with Crippen LogP contribution in [0.1, 0.15) is 37.6 Å². The van der Waals surface area contributed by atoms with E-state index in [0.29, 0.717) is 19.0 Å². The molecule has 0 bridgehead atoms. The summed E-state index contributed by atoms with van der Waals surface area (Å²) in [6.45, 7) is 4.74. The summed E-state index contributed by atoms with van der Waals surface area (Å²) in [6.07, 6.45) is 3.39. The Bertz CT molecular complexity index is 678. The van der Waals surface area contributed by atoms with Gasteiger partial charge in [-0.25, -0.2) is 0 Å². The van der Waals surface area contributed by atoms with Crippen molar-refractivity contribution in [3.05, 3.63) is 45.3 Å². The monoisotopic (exact) mass is 395 g/mol. The van der Waals surface area contributed by atoms with Gasteiger partial charge in [0.05, 0.1) is 12.2 Å². The predicted molar refractivity (Wildman–Crippen MR) is 91.3 cm³/mol. The van der Waals surface area contributed by atoms with E-state index >= 15 is 0 Å². The Balaban J connectivity index is 1.89. The Kier molecular flexibility index (Phi) is 4.01. The van der Waals surface area contributed by atoms with Gasteiger partial charge in [-0.3, -0.25) is 9.48 Å². The highest BCUT2D eigenvalue weighted by Crippen LogP contribution is 2.30. The fourth-order valence-corrected chi connectivity index (χ4v) is 3.17. The van der Waals surface area contributed by atoms with Gasteiger partial charge in [-0.1, -0.05) is 0 Å². The first kappa shape index (κ1) is 14.6. The lowest BCUT2D eigenvalue weighted by molar-refractivity contribution is -0.119. The van der Waals surface area contributed by atoms with E-state index in [-0.39, 0.29) is 5.91 Å². The molecule has 110 valence electrons. The molecule has 1 aliphatic heterocycles. The molecule has 0 spiro atoms. The molecule has 0 atom stereocenters. The smallest absolute Gasteiger partial charge is 0.227 e. The minimum absolute atomic E-state index is 0.183. The van der Waals surface area contributed by atoms with Crippen LogP contribution in [0.4, 0.5) is 5.69 Å². The molecule has 5 heteroatoms. The normalized spacial score (nSPS) is 14.7. The summed E-state index contributed by atoms with van der Waals surface area (Å²) in [5, 5.41) is 4.55. The minimum Gasteiger partial charge on any atom is -0.306 e. The third kappa shape index (κ3) is 2.97. The molecule has 0 unspecified atom stereocenters. The number of rotatable bonds is 3. The molecule has 1 aliphatic rings. The molecule has 0 radical (unpaired) electrons. The maximum atomic E-state index is 12.3. The molecule has 21 heavy (non-hydrogen) atoms. The molecule has 1 aromatic heterocycles. The number of aromatic nitrogens is 2. The van der Waals surface area contributed by atoms with Gasteiger partial charge in [-0.15, -0.1) is 0 Å². The molecule has 4 nitrogen and oxygen atoms in total. The van der Waals surface area contributed by atoms with E-state index in [0.717, 1.165) is 17.8 Å². The second-order valence-electron chi connectivity index (χ2n) is 5.63. The molecule has 0 aliphatic carbocycles. The Morgan fingerprint density at radius 3 is 2.81 bits per heavy atom. The SMILES string of the molecule is CC(C)n1ccc(CN2C(=O)CCc3cc(I)ccc32)n1. The van der Waals surface area contributed by atoms with Crippen molar-refractivity contribution >= 4 is 34.2 Å². The highest BCUT2D eigenvalue weighted by molar-refractivity contribution is 14.1. The molecular formula is C16H18IN3O. The minimum atomic E-state index is 0.183. The summed E-state index contributed by atoms with van der Waals surface area (Å²) in [5.41, 5.74) is 3.22. The topological polar surface area (TPSA) is 38.1 Å². The van der Waals surface area contributed by atoms with Crippen molar-refractivity contribution in [1.82, 2.24) is 9.78 Å². The molecule has 2 heterocycles. The molecule has 0 N–H and O–H groups in total. The van der Waals surface area contributed by atoms with Gasteiger partial charge in [0.2, 0.25) is 5.91 Å². The fraction of sp³-hybridized carbons (Fsp3) is 0.375. The van der Waals surface area contributed by atoms with Gasteiger partial charge in [-0.2, -0.15) is 5.10 Å². The molecular weight excluding hydrogens is 377 g/mol. The fourth-order valence-electron chi connectivity index (χ4n) is 2.61. The van der Waals surface area contributed by atoms with Crippen LogP contribution < -0.4 is 4.90 Å². The highest BCUT2D eigenvalue weighted by atomic mass is 127. The van der Waals surface area contributed by atoms with Crippen LogP contribution in [-0.4, -0.2) is 15.7 Å². The van der Waals surface area contributed by atoms with E-state index in [4.69, 9.17) is 0 Å². The zero-order chi connectivity index (χ0) is 15.0. The van der Waals surface area contributed by atoms with Crippen LogP contribution in [0.25, 0.3) is 0 Å². The van der Waals surface area contributed by atoms with E-state index in [1.54, 1.807) is 0 Å². The van der Waals surface area contributed by atoms with Crippen LogP contribution in [0, 0.1) is 3.57 Å². The Morgan fingerprint density at radius 2 is 2.10 bits per heavy atom. The lowest BCUT2D eigenvalue weighted by Crippen LogP contribution is -2.34. The number of carbonyl (C=O) groups excluding carboxylic acids is 1. The first-order valence-electron chi connectivity index (χ1n) is 7.17. The standard InChI is InChI=1S/C16H18IN3O/c1-11(2)20-8-7-14(18-20)10-19-15-5-4-13(17)9-12(15)3-6-16(19)21/h4-5,7-9,11H,3,6,10H2,1-2H3. The second kappa shape index (κ2) is 5.79. The largest absolute Gasteiger partial charge is 0.306 e. The molecule has 0 saturated heterocycles. The van der Waals surface area contributed by atoms with Crippen molar-refractivity contribution in [3.63, 3.8) is 0 Å². The average Bonchev–Trinajstić information content (AvgIpc) is 2.91. The van der Waals surface area contributed by atoms with Crippen LogP contribution in [0.2, 0.25) is 0 Å². The number of anilines is 1. The highest BCUT2D eigenvalue weighted by Gasteiger charge is 2.24. The van der Waals surface area contributed by atoms with Gasteiger partial charge in [0.15, 0.2) is 0 Å². The quantitative estimate of drug-likeness (QED) is 0.746. The summed E-state index contributed by atoms with van der Waals surface area (Å²) in [4.78, 5) is 14.1. The number of fused-ring (bicyclic) bond motifs is 1. The Morgan fingerprint density at radius 1 is 1.29 bits per heavy atom. The van der Waals surface area contributed by atoms with E-state index in [2.05, 4.69) is 53.7 Å². The van der Waals surface area contributed by atoms with Crippen molar-refractivity contribution in [3.8, 4) is 0 Å². The van der Waals surface area contributed by atoms with Crippen molar-refractivity contribution < 1.29 is 4.79 Å². The van der Waals surface area contributed by atoms with Crippen LogP contribution in [0.5, 0.6) is 0 Å². The number of halogens is 1. The number of carbonyl (C=O) groups is 1. The van der Waals surface area contributed by atoms with Gasteiger partial charge >= 0.3 is 0 Å². The maximum absolute atomic E-state index is 12.3. The number of hydrogen-bond donors (Lipinski definition) is 0. The van der Waals surface area contributed by atoms with Crippen LogP contribution >= 0.6 is 22.6 Å². The lowest BCUT2D eigenvalue weighted by Gasteiger charge is -2.29. The maximum Gasteiger partial charge on any atom is 0.227 e. The summed E-state index contributed by atoms with van der Waals surface area (Å²) < 4.78 is 3.14. The number of benzene rings is 1. The first-order valence-corrected chi connectivity index (χ1v) is 8.25. The number of amides is 1. The van der Waals surface area contributed by atoms with Gasteiger partial charge in [0.1, 0.15) is 0 Å². The molecule has 1 amide bonds. The second-order valence-corrected chi connectivity index (χ2v) is 6.88. The average molecular weight is 395 g/mol. The zero-order valence-corrected chi connectivity index (χ0v) is 14.4. The summed E-state index contributed by atoms with van der Waals surface area (Å²) in [5.74, 6) is 0.183. The Hall–Kier alpha value is -1.37. The van der Waals surface area contributed by atoms with Gasteiger partial charge in [0, 0.05) is 27.9 Å². The number of hydrogen-bond acceptors (Lipinski definition) is 2. The van der Waals surface area contributed by atoms with Gasteiger partial charge < -0.3 is 4.90 Å². The molecule has 0 saturated carbocycles. The molecule has 2 aromatic rings. The predicted octanol–water partition coefficient (Wildman–Crippen LogP) is 3.55. The Labute approximate surface area is 138 Å². The molecule has 0 fully saturated rings. The summed E-state index contributed by atoms with van der Waals surface area (Å²) >= 11 is 2.31. The summed E-state index contributed by atoms with van der Waals surface area (Å²) in [6, 6.07) is 8.60. The van der Waals surface area contributed by atoms with Crippen molar-refractivity contribution in [2.45, 2.75) is 39.3 Å². The van der Waals surface area contributed by atoms with Crippen molar-refractivity contribution in [2.24, 2.45) is 0 Å². The van der Waals surface area contributed by atoms with E-state index < -0.39 is 0 Å². The van der Waals surface area contributed by atoms with E-state index in [1.165, 1.54) is 9.13 Å². The third-order valence-corrected chi connectivity index (χ3v) is 4.43. The molecule has 3 rings (SSSR count). The number of nitrogens with zero attached hydrogens (tertiary/aromatic N) is 3. The zero-order valence-electron chi connectivity index (χ0n) is 12.2.